The molecule has 1 saturated heterocycles. The first-order chi connectivity index (χ1) is 8.73. The van der Waals surface area contributed by atoms with Gasteiger partial charge in [0.1, 0.15) is 5.82 Å². The number of rotatable bonds is 2. The highest BCUT2D eigenvalue weighted by Crippen LogP contribution is 2.39. The number of pyridine rings is 1. The molecule has 1 fully saturated rings. The molecule has 1 aromatic rings. The fourth-order valence-corrected chi connectivity index (χ4v) is 2.33. The number of carboxylic acids is 1. The van der Waals surface area contributed by atoms with E-state index in [0.717, 1.165) is 0 Å². The van der Waals surface area contributed by atoms with Gasteiger partial charge in [0, 0.05) is 18.5 Å². The second-order valence-corrected chi connectivity index (χ2v) is 6.02. The van der Waals surface area contributed by atoms with Crippen molar-refractivity contribution in [2.45, 2.75) is 32.8 Å². The number of carboxylic acid groups (broad SMARTS) is 1. The molecule has 0 bridgehead atoms. The molecule has 0 saturated carbocycles. The molecule has 1 aliphatic heterocycles. The monoisotopic (exact) mass is 264 g/mol. The molecule has 1 aliphatic rings. The van der Waals surface area contributed by atoms with Gasteiger partial charge in [-0.25, -0.2) is 9.78 Å². The number of hydrogen-bond acceptors (Lipinski definition) is 4. The zero-order valence-corrected chi connectivity index (χ0v) is 11.6. The SMILES string of the molecule is CC1(C)CN(c2cccc(C(=O)O)n2)CC[C@@]1(C)O. The maximum absolute atomic E-state index is 10.9. The average molecular weight is 264 g/mol. The van der Waals surface area contributed by atoms with Crippen LogP contribution in [0.1, 0.15) is 37.7 Å². The highest BCUT2D eigenvalue weighted by atomic mass is 16.4. The third-order valence-electron chi connectivity index (χ3n) is 4.19. The fraction of sp³-hybridized carbons (Fsp3) is 0.571. The summed E-state index contributed by atoms with van der Waals surface area (Å²) in [6, 6.07) is 4.99. The van der Waals surface area contributed by atoms with E-state index in [1.165, 1.54) is 6.07 Å². The zero-order valence-electron chi connectivity index (χ0n) is 11.6. The Morgan fingerprint density at radius 1 is 1.37 bits per heavy atom. The summed E-state index contributed by atoms with van der Waals surface area (Å²) in [6.45, 7) is 7.20. The first-order valence-electron chi connectivity index (χ1n) is 6.41. The van der Waals surface area contributed by atoms with Crippen molar-refractivity contribution < 1.29 is 15.0 Å². The molecule has 1 atom stereocenters. The Labute approximate surface area is 112 Å². The molecule has 0 aliphatic carbocycles. The lowest BCUT2D eigenvalue weighted by atomic mass is 9.71. The highest BCUT2D eigenvalue weighted by molar-refractivity contribution is 5.85. The van der Waals surface area contributed by atoms with Gasteiger partial charge in [0.15, 0.2) is 5.69 Å². The van der Waals surface area contributed by atoms with Crippen LogP contribution in [0.5, 0.6) is 0 Å². The van der Waals surface area contributed by atoms with Gasteiger partial charge in [0.05, 0.1) is 5.60 Å². The molecular formula is C14H20N2O3. The van der Waals surface area contributed by atoms with Gasteiger partial charge in [-0.3, -0.25) is 0 Å². The highest BCUT2D eigenvalue weighted by Gasteiger charge is 2.44. The average Bonchev–Trinajstić information content (AvgIpc) is 2.33. The van der Waals surface area contributed by atoms with Gasteiger partial charge in [-0.05, 0) is 25.5 Å². The van der Waals surface area contributed by atoms with Crippen LogP contribution < -0.4 is 4.90 Å². The minimum atomic E-state index is -1.02. The molecule has 5 heteroatoms. The van der Waals surface area contributed by atoms with Crippen molar-refractivity contribution in [2.75, 3.05) is 18.0 Å². The van der Waals surface area contributed by atoms with Crippen LogP contribution >= 0.6 is 0 Å². The summed E-state index contributed by atoms with van der Waals surface area (Å²) in [6.07, 6.45) is 0.638. The van der Waals surface area contributed by atoms with Gasteiger partial charge in [-0.15, -0.1) is 0 Å². The number of hydrogen-bond donors (Lipinski definition) is 2. The van der Waals surface area contributed by atoms with E-state index in [1.807, 2.05) is 31.7 Å². The first-order valence-corrected chi connectivity index (χ1v) is 6.41. The summed E-state index contributed by atoms with van der Waals surface area (Å²) in [7, 11) is 0. The fourth-order valence-electron chi connectivity index (χ4n) is 2.33. The van der Waals surface area contributed by atoms with E-state index in [9.17, 15) is 9.90 Å². The Bertz CT molecular complexity index is 497. The molecule has 2 heterocycles. The predicted molar refractivity (Wildman–Crippen MR) is 72.4 cm³/mol. The Balaban J connectivity index is 2.25. The summed E-state index contributed by atoms with van der Waals surface area (Å²) in [4.78, 5) is 17.1. The van der Waals surface area contributed by atoms with E-state index in [-0.39, 0.29) is 11.1 Å². The van der Waals surface area contributed by atoms with Crippen LogP contribution in [0, 0.1) is 5.41 Å². The molecule has 5 nitrogen and oxygen atoms in total. The lowest BCUT2D eigenvalue weighted by molar-refractivity contribution is -0.0650. The minimum Gasteiger partial charge on any atom is -0.477 e. The van der Waals surface area contributed by atoms with Crippen LogP contribution in [-0.2, 0) is 0 Å². The van der Waals surface area contributed by atoms with E-state index in [4.69, 9.17) is 5.11 Å². The second kappa shape index (κ2) is 4.49. The summed E-state index contributed by atoms with van der Waals surface area (Å²) >= 11 is 0. The second-order valence-electron chi connectivity index (χ2n) is 6.02. The summed E-state index contributed by atoms with van der Waals surface area (Å²) < 4.78 is 0. The molecule has 2 rings (SSSR count). The van der Waals surface area contributed by atoms with Crippen LogP contribution in [0.2, 0.25) is 0 Å². The number of nitrogens with zero attached hydrogens (tertiary/aromatic N) is 2. The molecule has 1 aromatic heterocycles. The number of aromatic carboxylic acids is 1. The smallest absolute Gasteiger partial charge is 0.354 e. The molecule has 0 amide bonds. The molecule has 0 spiro atoms. The van der Waals surface area contributed by atoms with Gasteiger partial charge in [-0.1, -0.05) is 19.9 Å². The molecule has 19 heavy (non-hydrogen) atoms. The maximum atomic E-state index is 10.9. The number of aromatic nitrogens is 1. The minimum absolute atomic E-state index is 0.0487. The van der Waals surface area contributed by atoms with Gasteiger partial charge in [0.25, 0.3) is 0 Å². The Morgan fingerprint density at radius 2 is 2.05 bits per heavy atom. The van der Waals surface area contributed by atoms with E-state index >= 15 is 0 Å². The molecule has 2 N–H and O–H groups in total. The number of piperidine rings is 1. The van der Waals surface area contributed by atoms with Crippen LogP contribution in [0.15, 0.2) is 18.2 Å². The molecule has 0 aromatic carbocycles. The third kappa shape index (κ3) is 2.56. The lowest BCUT2D eigenvalue weighted by Gasteiger charge is -2.49. The van der Waals surface area contributed by atoms with Crippen molar-refractivity contribution in [3.05, 3.63) is 23.9 Å². The number of anilines is 1. The molecular weight excluding hydrogens is 244 g/mol. The third-order valence-corrected chi connectivity index (χ3v) is 4.19. The standard InChI is InChI=1S/C14H20N2O3/c1-13(2)9-16(8-7-14(13,3)19)11-6-4-5-10(15-11)12(17)18/h4-6,19H,7-9H2,1-3H3,(H,17,18)/t14-/m1/s1. The van der Waals surface area contributed by atoms with E-state index < -0.39 is 11.6 Å². The Kier molecular flexibility index (Phi) is 3.26. The normalized spacial score (nSPS) is 26.2. The van der Waals surface area contributed by atoms with Crippen molar-refractivity contribution in [1.82, 2.24) is 4.98 Å². The van der Waals surface area contributed by atoms with Gasteiger partial charge >= 0.3 is 5.97 Å². The van der Waals surface area contributed by atoms with Crippen molar-refractivity contribution in [3.8, 4) is 0 Å². The molecule has 0 unspecified atom stereocenters. The van der Waals surface area contributed by atoms with Crippen LogP contribution in [0.3, 0.4) is 0 Å². The van der Waals surface area contributed by atoms with E-state index in [2.05, 4.69) is 4.98 Å². The Morgan fingerprint density at radius 3 is 2.63 bits per heavy atom. The van der Waals surface area contributed by atoms with Crippen molar-refractivity contribution >= 4 is 11.8 Å². The quantitative estimate of drug-likeness (QED) is 0.851. The van der Waals surface area contributed by atoms with Crippen molar-refractivity contribution in [1.29, 1.82) is 0 Å². The van der Waals surface area contributed by atoms with Gasteiger partial charge in [-0.2, -0.15) is 0 Å². The predicted octanol–water partition coefficient (Wildman–Crippen LogP) is 1.77. The van der Waals surface area contributed by atoms with Crippen molar-refractivity contribution in [2.24, 2.45) is 5.41 Å². The van der Waals surface area contributed by atoms with E-state index in [0.29, 0.717) is 25.3 Å². The van der Waals surface area contributed by atoms with E-state index in [1.54, 1.807) is 6.07 Å². The number of aliphatic hydroxyl groups is 1. The summed E-state index contributed by atoms with van der Waals surface area (Å²) in [5.74, 6) is -0.367. The summed E-state index contributed by atoms with van der Waals surface area (Å²) in [5, 5.41) is 19.3. The molecule has 104 valence electrons. The van der Waals surface area contributed by atoms with Crippen LogP contribution in [0.4, 0.5) is 5.82 Å². The van der Waals surface area contributed by atoms with Crippen LogP contribution in [0.25, 0.3) is 0 Å². The zero-order chi connectivity index (χ0) is 14.3. The molecule has 0 radical (unpaired) electrons. The Hall–Kier alpha value is -1.62. The maximum Gasteiger partial charge on any atom is 0.354 e. The van der Waals surface area contributed by atoms with Crippen LogP contribution in [-0.4, -0.2) is 39.9 Å². The van der Waals surface area contributed by atoms with Crippen molar-refractivity contribution in [3.63, 3.8) is 0 Å². The number of carbonyl (C=O) groups is 1. The first kappa shape index (κ1) is 13.8. The largest absolute Gasteiger partial charge is 0.477 e. The lowest BCUT2D eigenvalue weighted by Crippen LogP contribution is -2.56. The van der Waals surface area contributed by atoms with Gasteiger partial charge < -0.3 is 15.1 Å². The summed E-state index contributed by atoms with van der Waals surface area (Å²) in [5.41, 5.74) is -0.937. The van der Waals surface area contributed by atoms with Gasteiger partial charge in [0.2, 0.25) is 0 Å². The topological polar surface area (TPSA) is 73.7 Å².